The molecule has 1 aliphatic rings. The molecule has 2 amide bonds. The van der Waals surface area contributed by atoms with Crippen LogP contribution in [0.15, 0.2) is 18.2 Å². The lowest BCUT2D eigenvalue weighted by atomic mass is 10.1. The molecule has 1 fully saturated rings. The summed E-state index contributed by atoms with van der Waals surface area (Å²) < 4.78 is 0. The molecule has 0 bridgehead atoms. The second-order valence-corrected chi connectivity index (χ2v) is 5.53. The summed E-state index contributed by atoms with van der Waals surface area (Å²) in [4.78, 5) is 35.2. The summed E-state index contributed by atoms with van der Waals surface area (Å²) in [6.07, 6.45) is 0.313. The minimum Gasteiger partial charge on any atom is -0.380 e. The number of hydrogen-bond donors (Lipinski definition) is 1. The van der Waals surface area contributed by atoms with Gasteiger partial charge < -0.3 is 5.32 Å². The van der Waals surface area contributed by atoms with Gasteiger partial charge in [-0.15, -0.1) is 0 Å². The second-order valence-electron chi connectivity index (χ2n) is 4.48. The lowest BCUT2D eigenvalue weighted by molar-refractivity contribution is -0.384. The maximum atomic E-state index is 11.7. The van der Waals surface area contributed by atoms with Crippen LogP contribution in [0.3, 0.4) is 0 Å². The van der Waals surface area contributed by atoms with E-state index < -0.39 is 4.92 Å². The summed E-state index contributed by atoms with van der Waals surface area (Å²) in [5.41, 5.74) is 0.934. The van der Waals surface area contributed by atoms with Gasteiger partial charge in [0.15, 0.2) is 0 Å². The van der Waals surface area contributed by atoms with E-state index in [9.17, 15) is 19.7 Å². The van der Waals surface area contributed by atoms with Crippen LogP contribution < -0.4 is 5.32 Å². The first kappa shape index (κ1) is 15.3. The van der Waals surface area contributed by atoms with Crippen LogP contribution in [0, 0.1) is 10.1 Å². The molecule has 0 spiro atoms. The Morgan fingerprint density at radius 1 is 1.43 bits per heavy atom. The van der Waals surface area contributed by atoms with Gasteiger partial charge in [-0.2, -0.15) is 0 Å². The number of imide groups is 1. The van der Waals surface area contributed by atoms with Gasteiger partial charge >= 0.3 is 0 Å². The van der Waals surface area contributed by atoms with Crippen LogP contribution in [0.2, 0.25) is 0 Å². The van der Waals surface area contributed by atoms with Gasteiger partial charge in [0.1, 0.15) is 5.69 Å². The first-order valence-corrected chi connectivity index (χ1v) is 7.49. The summed E-state index contributed by atoms with van der Waals surface area (Å²) in [7, 11) is 0. The maximum Gasteiger partial charge on any atom is 0.292 e. The lowest BCUT2D eigenvalue weighted by Crippen LogP contribution is -2.37. The number of rotatable bonds is 5. The quantitative estimate of drug-likeness (QED) is 0.664. The third-order valence-corrected chi connectivity index (χ3v) is 3.91. The summed E-state index contributed by atoms with van der Waals surface area (Å²) in [6.45, 7) is 2.48. The smallest absolute Gasteiger partial charge is 0.292 e. The largest absolute Gasteiger partial charge is 0.380 e. The van der Waals surface area contributed by atoms with Crippen LogP contribution in [0.1, 0.15) is 18.9 Å². The van der Waals surface area contributed by atoms with E-state index in [-0.39, 0.29) is 23.4 Å². The summed E-state index contributed by atoms with van der Waals surface area (Å²) in [5.74, 6) is 0.255. The Morgan fingerprint density at radius 2 is 2.19 bits per heavy atom. The molecule has 0 radical (unpaired) electrons. The molecule has 0 unspecified atom stereocenters. The molecule has 0 aromatic heterocycles. The Balaban J connectivity index is 2.24. The molecule has 0 atom stereocenters. The highest BCUT2D eigenvalue weighted by atomic mass is 32.2. The Bertz CT molecular complexity index is 575. The molecule has 1 aromatic rings. The van der Waals surface area contributed by atoms with Crippen LogP contribution in [0.5, 0.6) is 0 Å². The molecule has 0 saturated carbocycles. The number of amides is 2. The lowest BCUT2D eigenvalue weighted by Gasteiger charge is -2.24. The number of carbonyl (C=O) groups is 2. The van der Waals surface area contributed by atoms with Gasteiger partial charge in [-0.05, 0) is 18.6 Å². The predicted molar refractivity (Wildman–Crippen MR) is 80.3 cm³/mol. The van der Waals surface area contributed by atoms with Crippen LogP contribution >= 0.6 is 11.8 Å². The van der Waals surface area contributed by atoms with E-state index in [2.05, 4.69) is 5.32 Å². The van der Waals surface area contributed by atoms with Crippen molar-refractivity contribution in [2.24, 2.45) is 0 Å². The normalized spacial score (nSPS) is 15.2. The average Bonchev–Trinajstić information content (AvgIpc) is 2.44. The Labute approximate surface area is 125 Å². The summed E-state index contributed by atoms with van der Waals surface area (Å²) in [5, 5.41) is 13.7. The second kappa shape index (κ2) is 6.57. The van der Waals surface area contributed by atoms with Gasteiger partial charge in [0.05, 0.1) is 11.5 Å². The highest BCUT2D eigenvalue weighted by molar-refractivity contribution is 8.13. The number of thioether (sulfide) groups is 1. The third-order valence-electron chi connectivity index (χ3n) is 3.03. The van der Waals surface area contributed by atoms with Crippen molar-refractivity contribution in [2.45, 2.75) is 19.9 Å². The van der Waals surface area contributed by atoms with Crippen molar-refractivity contribution in [3.05, 3.63) is 33.9 Å². The Hall–Kier alpha value is -2.09. The van der Waals surface area contributed by atoms with Crippen LogP contribution in [-0.2, 0) is 11.3 Å². The van der Waals surface area contributed by atoms with E-state index in [0.29, 0.717) is 30.0 Å². The molecule has 8 heteroatoms. The first-order valence-electron chi connectivity index (χ1n) is 6.51. The van der Waals surface area contributed by atoms with Crippen LogP contribution in [0.4, 0.5) is 16.2 Å². The zero-order valence-corrected chi connectivity index (χ0v) is 12.3. The van der Waals surface area contributed by atoms with Crippen LogP contribution in [-0.4, -0.2) is 33.3 Å². The van der Waals surface area contributed by atoms with Crippen molar-refractivity contribution >= 4 is 34.3 Å². The number of nitro benzene ring substituents is 1. The number of benzene rings is 1. The van der Waals surface area contributed by atoms with Gasteiger partial charge in [0.25, 0.3) is 10.9 Å². The van der Waals surface area contributed by atoms with Crippen molar-refractivity contribution < 1.29 is 14.5 Å². The number of anilines is 1. The molecule has 1 saturated heterocycles. The molecule has 7 nitrogen and oxygen atoms in total. The maximum absolute atomic E-state index is 11.7. The van der Waals surface area contributed by atoms with E-state index in [1.807, 2.05) is 6.92 Å². The van der Waals surface area contributed by atoms with E-state index >= 15 is 0 Å². The van der Waals surface area contributed by atoms with E-state index in [4.69, 9.17) is 0 Å². The molecule has 1 aromatic carbocycles. The van der Waals surface area contributed by atoms with E-state index in [1.54, 1.807) is 12.1 Å². The molecular weight excluding hydrogens is 294 g/mol. The minimum atomic E-state index is -0.476. The zero-order valence-electron chi connectivity index (χ0n) is 11.5. The third kappa shape index (κ3) is 3.52. The molecule has 0 aliphatic carbocycles. The Morgan fingerprint density at radius 3 is 2.81 bits per heavy atom. The van der Waals surface area contributed by atoms with Crippen molar-refractivity contribution in [2.75, 3.05) is 17.6 Å². The van der Waals surface area contributed by atoms with E-state index in [0.717, 1.165) is 16.7 Å². The van der Waals surface area contributed by atoms with Crippen molar-refractivity contribution in [3.63, 3.8) is 0 Å². The number of nitro groups is 1. The van der Waals surface area contributed by atoms with Gasteiger partial charge in [-0.1, -0.05) is 17.8 Å². The highest BCUT2D eigenvalue weighted by Gasteiger charge is 2.27. The topological polar surface area (TPSA) is 92.6 Å². The summed E-state index contributed by atoms with van der Waals surface area (Å²) in [6, 6.07) is 4.69. The first-order chi connectivity index (χ1) is 10.0. The number of hydrogen-bond acceptors (Lipinski definition) is 6. The standard InChI is InChI=1S/C13H15N3O4S/c1-2-14-10-4-3-9(7-11(10)16(19)20)8-15-12(17)5-6-21-13(15)18/h3-4,7,14H,2,5-6,8H2,1H3. The van der Waals surface area contributed by atoms with Gasteiger partial charge in [-0.3, -0.25) is 24.6 Å². The van der Waals surface area contributed by atoms with Crippen molar-refractivity contribution in [3.8, 4) is 0 Å². The zero-order chi connectivity index (χ0) is 15.4. The Kier molecular flexibility index (Phi) is 4.79. The van der Waals surface area contributed by atoms with Crippen molar-refractivity contribution in [1.29, 1.82) is 0 Å². The fourth-order valence-corrected chi connectivity index (χ4v) is 2.82. The van der Waals surface area contributed by atoms with Gasteiger partial charge in [0.2, 0.25) is 5.91 Å². The van der Waals surface area contributed by atoms with Gasteiger partial charge in [-0.25, -0.2) is 0 Å². The number of carbonyl (C=O) groups excluding carboxylic acids is 2. The molecular formula is C13H15N3O4S. The average molecular weight is 309 g/mol. The highest BCUT2D eigenvalue weighted by Crippen LogP contribution is 2.27. The monoisotopic (exact) mass is 309 g/mol. The van der Waals surface area contributed by atoms with E-state index in [1.165, 1.54) is 6.07 Å². The molecule has 112 valence electrons. The molecule has 2 rings (SSSR count). The number of nitrogens with one attached hydrogen (secondary N) is 1. The predicted octanol–water partition coefficient (Wildman–Crippen LogP) is 2.61. The SMILES string of the molecule is CCNc1ccc(CN2C(=O)CCSC2=O)cc1[N+](=O)[O-]. The molecule has 21 heavy (non-hydrogen) atoms. The molecule has 1 N–H and O–H groups in total. The van der Waals surface area contributed by atoms with Crippen LogP contribution in [0.25, 0.3) is 0 Å². The number of nitrogens with zero attached hydrogens (tertiary/aromatic N) is 2. The summed E-state index contributed by atoms with van der Waals surface area (Å²) >= 11 is 1.09. The van der Waals surface area contributed by atoms with Crippen molar-refractivity contribution in [1.82, 2.24) is 4.90 Å². The fraction of sp³-hybridized carbons (Fsp3) is 0.385. The fourth-order valence-electron chi connectivity index (χ4n) is 2.04. The minimum absolute atomic E-state index is 0.0566. The molecule has 1 aliphatic heterocycles. The molecule has 1 heterocycles. The van der Waals surface area contributed by atoms with Gasteiger partial charge in [0, 0.05) is 24.8 Å².